The molecule has 4 nitrogen and oxygen atoms in total. The van der Waals surface area contributed by atoms with Gasteiger partial charge < -0.3 is 9.79 Å². The molecule has 80 valence electrons. The lowest BCUT2D eigenvalue weighted by Crippen LogP contribution is -2.36. The van der Waals surface area contributed by atoms with Gasteiger partial charge >= 0.3 is 7.82 Å². The fraction of sp³-hybridized carbons (Fsp3) is 1.00. The van der Waals surface area contributed by atoms with Gasteiger partial charge in [-0.15, -0.1) is 11.6 Å². The van der Waals surface area contributed by atoms with Crippen LogP contribution in [0.2, 0.25) is 0 Å². The molecule has 0 aliphatic heterocycles. The van der Waals surface area contributed by atoms with Crippen molar-refractivity contribution in [2.75, 3.05) is 5.88 Å². The number of hydrogen-bond donors (Lipinski definition) is 2. The van der Waals surface area contributed by atoms with Crippen molar-refractivity contribution in [3.8, 4) is 0 Å². The maximum Gasteiger partial charge on any atom is 0.471 e. The van der Waals surface area contributed by atoms with Gasteiger partial charge in [0.1, 0.15) is 0 Å². The smallest absolute Gasteiger partial charge is 0.303 e. The molecule has 0 fully saturated rings. The molecule has 0 aliphatic rings. The van der Waals surface area contributed by atoms with Crippen LogP contribution in [0.15, 0.2) is 0 Å². The zero-order chi connectivity index (χ0) is 10.9. The van der Waals surface area contributed by atoms with Crippen LogP contribution in [0.25, 0.3) is 0 Å². The summed E-state index contributed by atoms with van der Waals surface area (Å²) < 4.78 is 13.7. The summed E-state index contributed by atoms with van der Waals surface area (Å²) in [5, 5.41) is 0. The summed E-state index contributed by atoms with van der Waals surface area (Å²) in [5.74, 6) is 0.170. The van der Waals surface area contributed by atoms with Crippen LogP contribution in [-0.4, -0.2) is 19.1 Å². The third-order valence-corrected chi connectivity index (χ3v) is 5.51. The Labute approximate surface area is 98.5 Å². The van der Waals surface area contributed by atoms with E-state index in [0.717, 1.165) is 0 Å². The Morgan fingerprint density at radius 3 is 2.08 bits per heavy atom. The van der Waals surface area contributed by atoms with Gasteiger partial charge in [-0.3, -0.25) is 4.52 Å². The number of phosphoric acid groups is 1. The van der Waals surface area contributed by atoms with Gasteiger partial charge in [-0.25, -0.2) is 4.57 Å². The molecule has 0 atom stereocenters. The van der Waals surface area contributed by atoms with Gasteiger partial charge in [0.2, 0.25) is 0 Å². The van der Waals surface area contributed by atoms with E-state index in [1.54, 1.807) is 13.8 Å². The van der Waals surface area contributed by atoms with Crippen molar-refractivity contribution < 1.29 is 18.9 Å². The molecule has 0 rings (SSSR count). The number of hydrogen-bond acceptors (Lipinski definition) is 2. The van der Waals surface area contributed by atoms with Crippen molar-refractivity contribution in [3.05, 3.63) is 0 Å². The third kappa shape index (κ3) is 4.60. The topological polar surface area (TPSA) is 66.8 Å². The van der Waals surface area contributed by atoms with E-state index < -0.39 is 16.7 Å². The van der Waals surface area contributed by atoms with Gasteiger partial charge in [0.25, 0.3) is 0 Å². The van der Waals surface area contributed by atoms with Gasteiger partial charge in [-0.05, 0) is 31.9 Å². The Balaban J connectivity index is 4.68. The van der Waals surface area contributed by atoms with E-state index in [4.69, 9.17) is 21.4 Å². The summed E-state index contributed by atoms with van der Waals surface area (Å²) in [6, 6.07) is 0. The highest BCUT2D eigenvalue weighted by atomic mass is 79.9. The Bertz CT molecular complexity index is 227. The highest BCUT2D eigenvalue weighted by Crippen LogP contribution is 2.54. The van der Waals surface area contributed by atoms with E-state index >= 15 is 0 Å². The fourth-order valence-corrected chi connectivity index (χ4v) is 2.82. The maximum atomic E-state index is 10.6. The minimum absolute atomic E-state index is 0.170. The van der Waals surface area contributed by atoms with Gasteiger partial charge in [0, 0.05) is 11.3 Å². The summed E-state index contributed by atoms with van der Waals surface area (Å²) >= 11 is 11.6. The fourth-order valence-electron chi connectivity index (χ4n) is 0.351. The Morgan fingerprint density at radius 1 is 1.46 bits per heavy atom. The van der Waals surface area contributed by atoms with Gasteiger partial charge in [0.05, 0.1) is 0 Å². The molecule has 0 aromatic rings. The molecular weight excluding hydrogens is 350 g/mol. The van der Waals surface area contributed by atoms with Gasteiger partial charge in [-0.2, -0.15) is 0 Å². The Morgan fingerprint density at radius 2 is 1.85 bits per heavy atom. The molecule has 0 unspecified atom stereocenters. The molecule has 0 saturated heterocycles. The van der Waals surface area contributed by atoms with Crippen LogP contribution in [0, 0.1) is 5.41 Å². The first-order valence-electron chi connectivity index (χ1n) is 3.22. The van der Waals surface area contributed by atoms with E-state index in [1.165, 1.54) is 0 Å². The van der Waals surface area contributed by atoms with Crippen LogP contribution in [0.5, 0.6) is 0 Å². The first kappa shape index (κ1) is 14.4. The normalized spacial score (nSPS) is 14.7. The second-order valence-electron chi connectivity index (χ2n) is 3.12. The first-order chi connectivity index (χ1) is 5.52. The number of alkyl halides is 3. The van der Waals surface area contributed by atoms with Crippen LogP contribution < -0.4 is 0 Å². The summed E-state index contributed by atoms with van der Waals surface area (Å²) in [6.07, 6.45) is 0. The molecule has 0 aromatic carbocycles. The number of halogens is 3. The minimum Gasteiger partial charge on any atom is -0.303 e. The molecule has 8 heteroatoms. The molecule has 0 bridgehead atoms. The SMILES string of the molecule is CC(C)(CCl)C(Br)(Br)OP(=O)(O)O. The zero-order valence-electron chi connectivity index (χ0n) is 7.00. The second-order valence-corrected chi connectivity index (χ2v) is 7.84. The molecule has 0 radical (unpaired) electrons. The average Bonchev–Trinajstić information content (AvgIpc) is 1.81. The van der Waals surface area contributed by atoms with Crippen molar-refractivity contribution in [3.63, 3.8) is 0 Å². The van der Waals surface area contributed by atoms with Crippen LogP contribution in [0.4, 0.5) is 0 Å². The van der Waals surface area contributed by atoms with E-state index in [0.29, 0.717) is 0 Å². The van der Waals surface area contributed by atoms with Gasteiger partial charge in [0.15, 0.2) is 3.42 Å². The maximum absolute atomic E-state index is 10.6. The molecule has 0 aromatic heterocycles. The molecule has 0 heterocycles. The quantitative estimate of drug-likeness (QED) is 0.598. The highest BCUT2D eigenvalue weighted by molar-refractivity contribution is 9.25. The summed E-state index contributed by atoms with van der Waals surface area (Å²) in [5.41, 5.74) is -0.671. The van der Waals surface area contributed by atoms with Crippen molar-refractivity contribution in [1.82, 2.24) is 0 Å². The lowest BCUT2D eigenvalue weighted by molar-refractivity contribution is 0.103. The number of rotatable bonds is 4. The second kappa shape index (κ2) is 4.47. The molecule has 2 N–H and O–H groups in total. The van der Waals surface area contributed by atoms with Crippen molar-refractivity contribution >= 4 is 51.3 Å². The van der Waals surface area contributed by atoms with Crippen molar-refractivity contribution in [2.24, 2.45) is 5.41 Å². The predicted molar refractivity (Wildman–Crippen MR) is 58.2 cm³/mol. The zero-order valence-corrected chi connectivity index (χ0v) is 11.8. The Kier molecular flexibility index (Phi) is 4.94. The van der Waals surface area contributed by atoms with Crippen LogP contribution in [0.1, 0.15) is 13.8 Å². The monoisotopic (exact) mass is 358 g/mol. The van der Waals surface area contributed by atoms with Crippen molar-refractivity contribution in [2.45, 2.75) is 17.3 Å². The standard InChI is InChI=1S/C5H10Br2ClO4P/c1-4(2,3-8)5(6,7)12-13(9,10)11/h3H2,1-2H3,(H2,9,10,11). The molecule has 0 aliphatic carbocycles. The van der Waals surface area contributed by atoms with E-state index in [1.807, 2.05) is 0 Å². The van der Waals surface area contributed by atoms with Crippen LogP contribution >= 0.6 is 51.3 Å². The summed E-state index contributed by atoms with van der Waals surface area (Å²) in [4.78, 5) is 17.2. The minimum atomic E-state index is -4.55. The Hall–Kier alpha value is 1.36. The largest absolute Gasteiger partial charge is 0.471 e. The molecule has 0 spiro atoms. The van der Waals surface area contributed by atoms with E-state index in [2.05, 4.69) is 36.4 Å². The number of phosphoric ester groups is 1. The molecule has 13 heavy (non-hydrogen) atoms. The first-order valence-corrected chi connectivity index (χ1v) is 6.87. The molecule has 0 saturated carbocycles. The molecule has 0 amide bonds. The summed E-state index contributed by atoms with van der Waals surface area (Å²) in [6.45, 7) is 3.39. The van der Waals surface area contributed by atoms with Crippen LogP contribution in [-0.2, 0) is 9.09 Å². The van der Waals surface area contributed by atoms with Crippen molar-refractivity contribution in [1.29, 1.82) is 0 Å². The molecular formula is C5H10Br2ClO4P. The van der Waals surface area contributed by atoms with E-state index in [-0.39, 0.29) is 5.88 Å². The predicted octanol–water partition coefficient (Wildman–Crippen LogP) is 2.80. The van der Waals surface area contributed by atoms with E-state index in [9.17, 15) is 4.57 Å². The highest BCUT2D eigenvalue weighted by Gasteiger charge is 2.46. The lowest BCUT2D eigenvalue weighted by atomic mass is 9.98. The lowest BCUT2D eigenvalue weighted by Gasteiger charge is -2.35. The average molecular weight is 360 g/mol. The van der Waals surface area contributed by atoms with Gasteiger partial charge in [-0.1, -0.05) is 13.8 Å². The summed E-state index contributed by atoms with van der Waals surface area (Å²) in [7, 11) is -4.55. The third-order valence-electron chi connectivity index (χ3n) is 1.36. The van der Waals surface area contributed by atoms with Crippen LogP contribution in [0.3, 0.4) is 0 Å².